The van der Waals surface area contributed by atoms with Gasteiger partial charge in [-0.3, -0.25) is 4.99 Å². The predicted molar refractivity (Wildman–Crippen MR) is 44.1 cm³/mol. The standard InChI is InChI=1S/C8H14N2/c1-6-4-3-5-10-8(6)7(2)9/h5,7H,3-4,9H2,1-2H3. The molecule has 2 N–H and O–H groups in total. The van der Waals surface area contributed by atoms with Gasteiger partial charge in [-0.05, 0) is 32.3 Å². The van der Waals surface area contributed by atoms with Crippen molar-refractivity contribution in [2.24, 2.45) is 10.7 Å². The molecule has 2 heteroatoms. The van der Waals surface area contributed by atoms with Crippen LogP contribution in [-0.4, -0.2) is 12.3 Å². The molecule has 0 saturated carbocycles. The number of nitrogens with zero attached hydrogens (tertiary/aromatic N) is 1. The molecule has 1 aliphatic rings. The highest BCUT2D eigenvalue weighted by Crippen LogP contribution is 2.17. The second-order valence-corrected chi connectivity index (χ2v) is 2.80. The Balaban J connectivity index is 2.79. The fourth-order valence-electron chi connectivity index (χ4n) is 1.19. The van der Waals surface area contributed by atoms with Gasteiger partial charge in [0.2, 0.25) is 0 Å². The van der Waals surface area contributed by atoms with Crippen LogP contribution in [0.3, 0.4) is 0 Å². The summed E-state index contributed by atoms with van der Waals surface area (Å²) in [5, 5.41) is 0. The Morgan fingerprint density at radius 1 is 1.70 bits per heavy atom. The van der Waals surface area contributed by atoms with Crippen molar-refractivity contribution in [3.63, 3.8) is 0 Å². The van der Waals surface area contributed by atoms with E-state index >= 15 is 0 Å². The zero-order valence-corrected chi connectivity index (χ0v) is 6.59. The largest absolute Gasteiger partial charge is 0.323 e. The highest BCUT2D eigenvalue weighted by Gasteiger charge is 2.08. The third-order valence-corrected chi connectivity index (χ3v) is 1.75. The normalized spacial score (nSPS) is 21.5. The number of allylic oxidation sites excluding steroid dienone is 1. The van der Waals surface area contributed by atoms with E-state index in [0.29, 0.717) is 0 Å². The van der Waals surface area contributed by atoms with Gasteiger partial charge >= 0.3 is 0 Å². The minimum absolute atomic E-state index is 0.0940. The van der Waals surface area contributed by atoms with Crippen LogP contribution >= 0.6 is 0 Å². The first-order chi connectivity index (χ1) is 4.72. The van der Waals surface area contributed by atoms with Gasteiger partial charge in [0.25, 0.3) is 0 Å². The van der Waals surface area contributed by atoms with E-state index in [0.717, 1.165) is 18.5 Å². The van der Waals surface area contributed by atoms with Gasteiger partial charge in [0, 0.05) is 12.3 Å². The first-order valence-corrected chi connectivity index (χ1v) is 3.69. The summed E-state index contributed by atoms with van der Waals surface area (Å²) in [5.74, 6) is 0. The molecule has 1 rings (SSSR count). The third kappa shape index (κ3) is 1.45. The van der Waals surface area contributed by atoms with Crippen LogP contribution in [0.2, 0.25) is 0 Å². The molecule has 0 saturated heterocycles. The van der Waals surface area contributed by atoms with Crippen LogP contribution in [0, 0.1) is 0 Å². The average Bonchev–Trinajstić information content (AvgIpc) is 1.88. The Hall–Kier alpha value is -0.630. The maximum absolute atomic E-state index is 5.69. The molecule has 0 aromatic heterocycles. The highest BCUT2D eigenvalue weighted by atomic mass is 14.8. The van der Waals surface area contributed by atoms with Crippen LogP contribution in [0.25, 0.3) is 0 Å². The number of aliphatic imine (C=N–C) groups is 1. The van der Waals surface area contributed by atoms with E-state index < -0.39 is 0 Å². The van der Waals surface area contributed by atoms with Gasteiger partial charge in [0.15, 0.2) is 0 Å². The molecule has 1 unspecified atom stereocenters. The van der Waals surface area contributed by atoms with Crippen molar-refractivity contribution in [3.05, 3.63) is 11.3 Å². The summed E-state index contributed by atoms with van der Waals surface area (Å²) in [6, 6.07) is 0.0940. The SMILES string of the molecule is CC1=C(C(C)N)N=CCC1. The number of hydrogen-bond donors (Lipinski definition) is 1. The van der Waals surface area contributed by atoms with E-state index in [1.54, 1.807) is 0 Å². The van der Waals surface area contributed by atoms with E-state index in [4.69, 9.17) is 5.73 Å². The van der Waals surface area contributed by atoms with Crippen molar-refractivity contribution < 1.29 is 0 Å². The summed E-state index contributed by atoms with van der Waals surface area (Å²) in [7, 11) is 0. The lowest BCUT2D eigenvalue weighted by Crippen LogP contribution is -2.19. The van der Waals surface area contributed by atoms with Crippen molar-refractivity contribution in [1.82, 2.24) is 0 Å². The lowest BCUT2D eigenvalue weighted by molar-refractivity contribution is 0.799. The van der Waals surface area contributed by atoms with Crippen molar-refractivity contribution in [3.8, 4) is 0 Å². The van der Waals surface area contributed by atoms with Gasteiger partial charge in [-0.2, -0.15) is 0 Å². The number of rotatable bonds is 1. The topological polar surface area (TPSA) is 38.4 Å². The molecule has 0 spiro atoms. The van der Waals surface area contributed by atoms with E-state index in [-0.39, 0.29) is 6.04 Å². The Labute approximate surface area is 61.8 Å². The van der Waals surface area contributed by atoms with Crippen LogP contribution in [0.15, 0.2) is 16.3 Å². The van der Waals surface area contributed by atoms with Crippen molar-refractivity contribution in [1.29, 1.82) is 0 Å². The van der Waals surface area contributed by atoms with Gasteiger partial charge in [-0.15, -0.1) is 0 Å². The second-order valence-electron chi connectivity index (χ2n) is 2.80. The minimum Gasteiger partial charge on any atom is -0.323 e. The van der Waals surface area contributed by atoms with Crippen LogP contribution in [-0.2, 0) is 0 Å². The monoisotopic (exact) mass is 138 g/mol. The quantitative estimate of drug-likeness (QED) is 0.585. The van der Waals surface area contributed by atoms with E-state index in [2.05, 4.69) is 11.9 Å². The molecule has 0 aliphatic carbocycles. The van der Waals surface area contributed by atoms with Gasteiger partial charge in [0.05, 0.1) is 5.70 Å². The van der Waals surface area contributed by atoms with Gasteiger partial charge in [0.1, 0.15) is 0 Å². The van der Waals surface area contributed by atoms with Crippen molar-refractivity contribution in [2.45, 2.75) is 32.7 Å². The first-order valence-electron chi connectivity index (χ1n) is 3.69. The van der Waals surface area contributed by atoms with Crippen molar-refractivity contribution in [2.75, 3.05) is 0 Å². The molecule has 0 amide bonds. The summed E-state index contributed by atoms with van der Waals surface area (Å²) in [6.45, 7) is 4.08. The average molecular weight is 138 g/mol. The maximum atomic E-state index is 5.69. The summed E-state index contributed by atoms with van der Waals surface area (Å²) in [5.41, 5.74) is 8.11. The summed E-state index contributed by atoms with van der Waals surface area (Å²) >= 11 is 0. The molecule has 0 fully saturated rings. The Morgan fingerprint density at radius 2 is 2.40 bits per heavy atom. The molecule has 2 nitrogen and oxygen atoms in total. The predicted octanol–water partition coefficient (Wildman–Crippen LogP) is 1.47. The Kier molecular flexibility index (Phi) is 2.22. The zero-order chi connectivity index (χ0) is 7.56. The minimum atomic E-state index is 0.0940. The van der Waals surface area contributed by atoms with Crippen LogP contribution < -0.4 is 5.73 Å². The molecule has 0 aromatic rings. The van der Waals surface area contributed by atoms with Crippen LogP contribution in [0.4, 0.5) is 0 Å². The van der Waals surface area contributed by atoms with Crippen molar-refractivity contribution >= 4 is 6.21 Å². The molecular weight excluding hydrogens is 124 g/mol. The zero-order valence-electron chi connectivity index (χ0n) is 6.59. The van der Waals surface area contributed by atoms with Gasteiger partial charge in [-0.1, -0.05) is 0 Å². The molecule has 0 radical (unpaired) electrons. The smallest absolute Gasteiger partial charge is 0.0553 e. The Morgan fingerprint density at radius 3 is 2.80 bits per heavy atom. The number of hydrogen-bond acceptors (Lipinski definition) is 2. The van der Waals surface area contributed by atoms with E-state index in [1.165, 1.54) is 5.57 Å². The lowest BCUT2D eigenvalue weighted by atomic mass is 10.0. The van der Waals surface area contributed by atoms with Gasteiger partial charge < -0.3 is 5.73 Å². The van der Waals surface area contributed by atoms with Crippen LogP contribution in [0.1, 0.15) is 26.7 Å². The lowest BCUT2D eigenvalue weighted by Gasteiger charge is -2.13. The molecule has 1 atom stereocenters. The molecule has 1 aliphatic heterocycles. The summed E-state index contributed by atoms with van der Waals surface area (Å²) in [6.07, 6.45) is 4.15. The fourth-order valence-corrected chi connectivity index (χ4v) is 1.19. The first kappa shape index (κ1) is 7.48. The van der Waals surface area contributed by atoms with Gasteiger partial charge in [-0.25, -0.2) is 0 Å². The fraction of sp³-hybridized carbons (Fsp3) is 0.625. The molecule has 10 heavy (non-hydrogen) atoms. The molecule has 1 heterocycles. The highest BCUT2D eigenvalue weighted by molar-refractivity contribution is 5.61. The maximum Gasteiger partial charge on any atom is 0.0553 e. The number of nitrogens with two attached hydrogens (primary N) is 1. The molecular formula is C8H14N2. The summed E-state index contributed by atoms with van der Waals surface area (Å²) in [4.78, 5) is 4.24. The molecule has 56 valence electrons. The van der Waals surface area contributed by atoms with E-state index in [1.807, 2.05) is 13.1 Å². The molecule has 0 bridgehead atoms. The van der Waals surface area contributed by atoms with E-state index in [9.17, 15) is 0 Å². The Bertz CT molecular complexity index is 178. The third-order valence-electron chi connectivity index (χ3n) is 1.75. The van der Waals surface area contributed by atoms with Crippen LogP contribution in [0.5, 0.6) is 0 Å². The summed E-state index contributed by atoms with van der Waals surface area (Å²) < 4.78 is 0. The second kappa shape index (κ2) is 2.97. The molecule has 0 aromatic carbocycles.